The van der Waals surface area contributed by atoms with Gasteiger partial charge in [0.25, 0.3) is 0 Å². The molecule has 0 unspecified atom stereocenters. The maximum Gasteiger partial charge on any atom is 0.325 e. The van der Waals surface area contributed by atoms with E-state index in [0.717, 1.165) is 16.7 Å². The highest BCUT2D eigenvalue weighted by Crippen LogP contribution is 2.42. The summed E-state index contributed by atoms with van der Waals surface area (Å²) < 4.78 is 5.91. The summed E-state index contributed by atoms with van der Waals surface area (Å²) in [5.74, 6) is 2.35. The van der Waals surface area contributed by atoms with Crippen molar-refractivity contribution in [2.75, 3.05) is 6.54 Å². The number of terminal acetylenes is 1. The maximum absolute atomic E-state index is 12.7. The maximum atomic E-state index is 12.7. The summed E-state index contributed by atoms with van der Waals surface area (Å²) in [6, 6.07) is 19.4. The zero-order chi connectivity index (χ0) is 18.5. The fourth-order valence-electron chi connectivity index (χ4n) is 3.51. The van der Waals surface area contributed by atoms with Gasteiger partial charge in [0.05, 0.1) is 6.04 Å². The van der Waals surface area contributed by atoms with Crippen molar-refractivity contribution < 1.29 is 9.53 Å². The van der Waals surface area contributed by atoms with Crippen molar-refractivity contribution in [1.82, 2.24) is 4.90 Å². The molecule has 0 bridgehead atoms. The summed E-state index contributed by atoms with van der Waals surface area (Å²) >= 11 is 0. The molecule has 1 fully saturated rings. The van der Waals surface area contributed by atoms with Crippen LogP contribution >= 0.6 is 0 Å². The van der Waals surface area contributed by atoms with E-state index < -0.39 is 6.04 Å². The zero-order valence-electron chi connectivity index (χ0n) is 15.0. The van der Waals surface area contributed by atoms with Crippen LogP contribution in [-0.4, -0.2) is 23.5 Å². The van der Waals surface area contributed by atoms with Gasteiger partial charge in [0.2, 0.25) is 0 Å². The molecule has 26 heavy (non-hydrogen) atoms. The largest absolute Gasteiger partial charge is 0.454 e. The summed E-state index contributed by atoms with van der Waals surface area (Å²) in [4.78, 5) is 14.9. The highest BCUT2D eigenvalue weighted by atomic mass is 16.6. The Labute approximate surface area is 155 Å². The van der Waals surface area contributed by atoms with Crippen LogP contribution in [0.4, 0.5) is 0 Å². The van der Waals surface area contributed by atoms with Gasteiger partial charge in [-0.15, -0.1) is 12.3 Å². The lowest BCUT2D eigenvalue weighted by molar-refractivity contribution is -0.174. The SMILES string of the molecule is C#CC[C@H]1C(=O)O[C@H](c2ccccc2)[C@H](c2ccccc2)N1CC(=C)C. The molecule has 3 heteroatoms. The molecule has 2 aromatic rings. The molecule has 0 aromatic heterocycles. The molecule has 1 aliphatic rings. The van der Waals surface area contributed by atoms with Crippen LogP contribution in [0.2, 0.25) is 0 Å². The smallest absolute Gasteiger partial charge is 0.325 e. The number of rotatable bonds is 5. The molecule has 1 saturated heterocycles. The predicted molar refractivity (Wildman–Crippen MR) is 103 cm³/mol. The number of esters is 1. The molecule has 0 radical (unpaired) electrons. The quantitative estimate of drug-likeness (QED) is 0.460. The Morgan fingerprint density at radius 1 is 1.12 bits per heavy atom. The molecule has 3 atom stereocenters. The van der Waals surface area contributed by atoms with E-state index in [-0.39, 0.29) is 18.1 Å². The van der Waals surface area contributed by atoms with E-state index in [4.69, 9.17) is 11.2 Å². The number of hydrogen-bond donors (Lipinski definition) is 0. The average Bonchev–Trinajstić information content (AvgIpc) is 2.65. The number of carbonyl (C=O) groups excluding carboxylic acids is 1. The normalized spacial score (nSPS) is 23.1. The van der Waals surface area contributed by atoms with Crippen molar-refractivity contribution in [3.05, 3.63) is 83.9 Å². The first-order chi connectivity index (χ1) is 12.6. The van der Waals surface area contributed by atoms with Crippen LogP contribution in [0.3, 0.4) is 0 Å². The second-order valence-electron chi connectivity index (χ2n) is 6.68. The standard InChI is InChI=1S/C23H23NO2/c1-4-11-20-23(25)26-22(19-14-9-6-10-15-19)21(24(20)16-17(2)3)18-12-7-5-8-13-18/h1,5-10,12-15,20-22H,2,11,16H2,3H3/t20-,21-,22+/m0/s1. The third-order valence-electron chi connectivity index (χ3n) is 4.59. The van der Waals surface area contributed by atoms with Gasteiger partial charge in [-0.1, -0.05) is 72.8 Å². The summed E-state index contributed by atoms with van der Waals surface area (Å²) in [5.41, 5.74) is 3.05. The summed E-state index contributed by atoms with van der Waals surface area (Å²) in [5, 5.41) is 0. The minimum atomic E-state index is -0.470. The summed E-state index contributed by atoms with van der Waals surface area (Å²) in [6.07, 6.45) is 5.46. The number of morpholine rings is 1. The number of hydrogen-bond acceptors (Lipinski definition) is 3. The van der Waals surface area contributed by atoms with Crippen molar-refractivity contribution in [1.29, 1.82) is 0 Å². The predicted octanol–water partition coefficient (Wildman–Crippen LogP) is 4.30. The topological polar surface area (TPSA) is 29.5 Å². The highest BCUT2D eigenvalue weighted by molar-refractivity contribution is 5.77. The number of benzene rings is 2. The lowest BCUT2D eigenvalue weighted by Crippen LogP contribution is -2.52. The third-order valence-corrected chi connectivity index (χ3v) is 4.59. The number of ether oxygens (including phenoxy) is 1. The van der Waals surface area contributed by atoms with Gasteiger partial charge < -0.3 is 4.74 Å². The van der Waals surface area contributed by atoms with Gasteiger partial charge in [0.15, 0.2) is 0 Å². The lowest BCUT2D eigenvalue weighted by atomic mass is 9.90. The van der Waals surface area contributed by atoms with Crippen molar-refractivity contribution in [3.8, 4) is 12.3 Å². The molecule has 0 spiro atoms. The fraction of sp³-hybridized carbons (Fsp3) is 0.261. The Bertz CT molecular complexity index is 807. The molecular weight excluding hydrogens is 322 g/mol. The van der Waals surface area contributed by atoms with Crippen molar-refractivity contribution in [2.45, 2.75) is 31.5 Å². The number of carbonyl (C=O) groups is 1. The molecule has 0 saturated carbocycles. The molecule has 1 aliphatic heterocycles. The Morgan fingerprint density at radius 2 is 1.69 bits per heavy atom. The second kappa shape index (κ2) is 8.03. The van der Waals surface area contributed by atoms with Crippen LogP contribution in [0.5, 0.6) is 0 Å². The molecule has 2 aromatic carbocycles. The van der Waals surface area contributed by atoms with Gasteiger partial charge in [0.1, 0.15) is 12.1 Å². The summed E-state index contributed by atoms with van der Waals surface area (Å²) in [6.45, 7) is 6.60. The minimum absolute atomic E-state index is 0.119. The van der Waals surface area contributed by atoms with Crippen LogP contribution in [0.1, 0.15) is 36.6 Å². The van der Waals surface area contributed by atoms with Gasteiger partial charge in [-0.2, -0.15) is 0 Å². The molecule has 3 nitrogen and oxygen atoms in total. The Hall–Kier alpha value is -2.83. The highest BCUT2D eigenvalue weighted by Gasteiger charge is 2.44. The van der Waals surface area contributed by atoms with Crippen molar-refractivity contribution in [2.24, 2.45) is 0 Å². The van der Waals surface area contributed by atoms with E-state index in [0.29, 0.717) is 13.0 Å². The van der Waals surface area contributed by atoms with Gasteiger partial charge in [-0.3, -0.25) is 9.69 Å². The third kappa shape index (κ3) is 3.71. The average molecular weight is 345 g/mol. The molecule has 0 N–H and O–H groups in total. The molecule has 132 valence electrons. The minimum Gasteiger partial charge on any atom is -0.454 e. The molecule has 0 aliphatic carbocycles. The van der Waals surface area contributed by atoms with Gasteiger partial charge in [-0.05, 0) is 18.1 Å². The Kier molecular flexibility index (Phi) is 5.55. The first-order valence-corrected chi connectivity index (χ1v) is 8.75. The first kappa shape index (κ1) is 18.0. The lowest BCUT2D eigenvalue weighted by Gasteiger charge is -2.45. The molecule has 3 rings (SSSR count). The van der Waals surface area contributed by atoms with E-state index in [1.54, 1.807) is 0 Å². The van der Waals surface area contributed by atoms with E-state index in [1.165, 1.54) is 0 Å². The second-order valence-corrected chi connectivity index (χ2v) is 6.68. The molecule has 1 heterocycles. The van der Waals surface area contributed by atoms with Crippen LogP contribution < -0.4 is 0 Å². The number of cyclic esters (lactones) is 1. The fourth-order valence-corrected chi connectivity index (χ4v) is 3.51. The molecular formula is C23H23NO2. The van der Waals surface area contributed by atoms with Crippen LogP contribution in [0.25, 0.3) is 0 Å². The van der Waals surface area contributed by atoms with Crippen molar-refractivity contribution in [3.63, 3.8) is 0 Å². The van der Waals surface area contributed by atoms with Gasteiger partial charge in [0, 0.05) is 13.0 Å². The summed E-state index contributed by atoms with van der Waals surface area (Å²) in [7, 11) is 0. The van der Waals surface area contributed by atoms with E-state index in [2.05, 4.69) is 29.5 Å². The van der Waals surface area contributed by atoms with Crippen molar-refractivity contribution >= 4 is 5.97 Å². The van der Waals surface area contributed by atoms with Crippen LogP contribution in [0.15, 0.2) is 72.8 Å². The first-order valence-electron chi connectivity index (χ1n) is 8.75. The Balaban J connectivity index is 2.10. The van der Waals surface area contributed by atoms with Gasteiger partial charge in [-0.25, -0.2) is 0 Å². The number of nitrogens with zero attached hydrogens (tertiary/aromatic N) is 1. The molecule has 0 amide bonds. The van der Waals surface area contributed by atoms with Crippen LogP contribution in [0, 0.1) is 12.3 Å². The Morgan fingerprint density at radius 3 is 2.23 bits per heavy atom. The van der Waals surface area contributed by atoms with Gasteiger partial charge >= 0.3 is 5.97 Å². The van der Waals surface area contributed by atoms with E-state index in [9.17, 15) is 4.79 Å². The van der Waals surface area contributed by atoms with E-state index >= 15 is 0 Å². The monoisotopic (exact) mass is 345 g/mol. The van der Waals surface area contributed by atoms with Crippen LogP contribution in [-0.2, 0) is 9.53 Å². The van der Waals surface area contributed by atoms with E-state index in [1.807, 2.05) is 55.5 Å². The zero-order valence-corrected chi connectivity index (χ0v) is 15.0.